The third-order valence-electron chi connectivity index (χ3n) is 5.26. The predicted molar refractivity (Wildman–Crippen MR) is 108 cm³/mol. The van der Waals surface area contributed by atoms with Gasteiger partial charge in [0, 0.05) is 18.3 Å². The molecule has 1 unspecified atom stereocenters. The van der Waals surface area contributed by atoms with Crippen molar-refractivity contribution in [2.24, 2.45) is 0 Å². The van der Waals surface area contributed by atoms with E-state index >= 15 is 0 Å². The minimum atomic E-state index is -5.75. The van der Waals surface area contributed by atoms with Gasteiger partial charge >= 0.3 is 23.7 Å². The normalized spacial score (nSPS) is 17.9. The van der Waals surface area contributed by atoms with E-state index in [1.807, 2.05) is 0 Å². The van der Waals surface area contributed by atoms with E-state index < -0.39 is 62.0 Å². The van der Waals surface area contributed by atoms with Crippen molar-refractivity contribution in [2.75, 3.05) is 4.90 Å². The van der Waals surface area contributed by atoms with Gasteiger partial charge < -0.3 is 4.84 Å². The van der Waals surface area contributed by atoms with E-state index in [9.17, 15) is 49.1 Å². The van der Waals surface area contributed by atoms with Crippen LogP contribution in [-0.4, -0.2) is 54.1 Å². The van der Waals surface area contributed by atoms with Crippen LogP contribution >= 0.6 is 0 Å². The molecule has 3 rings (SSSR count). The van der Waals surface area contributed by atoms with Gasteiger partial charge in [0.05, 0.1) is 10.6 Å². The molecular formula is C20H15F6N3O6S. The molecule has 194 valence electrons. The van der Waals surface area contributed by atoms with E-state index in [4.69, 9.17) is 0 Å². The van der Waals surface area contributed by atoms with Crippen molar-refractivity contribution in [1.82, 2.24) is 10.0 Å². The molecule has 1 aliphatic rings. The lowest BCUT2D eigenvalue weighted by molar-refractivity contribution is -0.231. The number of benzene rings is 1. The van der Waals surface area contributed by atoms with E-state index in [0.717, 1.165) is 0 Å². The number of hydrogen-bond acceptors (Lipinski definition) is 7. The number of rotatable bonds is 5. The summed E-state index contributed by atoms with van der Waals surface area (Å²) in [7, 11) is -5.75. The number of anilines is 1. The standard InChI is InChI=1S/C20H15F6N3O6S/c1-10-9-27-8-7-14(10)11(2)15-16(30)28(18(32)29(15)35-17(31)19(21,22)23)12-3-5-13(6-4-12)36(33,34)20(24,25)26/h3-9,11,15H,1-2H3/t11?,15-/m1/s1. The van der Waals surface area contributed by atoms with E-state index in [2.05, 4.69) is 9.82 Å². The number of pyridine rings is 1. The first-order valence-corrected chi connectivity index (χ1v) is 11.2. The molecule has 1 fully saturated rings. The molecule has 2 atom stereocenters. The van der Waals surface area contributed by atoms with Crippen LogP contribution in [0.15, 0.2) is 47.6 Å². The zero-order valence-corrected chi connectivity index (χ0v) is 19.0. The van der Waals surface area contributed by atoms with Gasteiger partial charge in [0.1, 0.15) is 0 Å². The minimum absolute atomic E-state index is 0.0664. The smallest absolute Gasteiger partial charge is 0.327 e. The fourth-order valence-corrected chi connectivity index (χ4v) is 4.27. The maximum atomic E-state index is 13.2. The highest BCUT2D eigenvalue weighted by Crippen LogP contribution is 2.36. The Balaban J connectivity index is 2.05. The number of nitrogens with zero attached hydrogens (tertiary/aromatic N) is 3. The zero-order chi connectivity index (χ0) is 27.2. The summed E-state index contributed by atoms with van der Waals surface area (Å²) >= 11 is 0. The first kappa shape index (κ1) is 26.9. The molecule has 3 amide bonds. The SMILES string of the molecule is Cc1cnccc1C(C)[C@@H]1C(=O)N(c2ccc(S(=O)(=O)C(F)(F)F)cc2)C(=O)N1OC(=O)C(F)(F)F. The van der Waals surface area contributed by atoms with Crippen molar-refractivity contribution in [3.63, 3.8) is 0 Å². The molecule has 0 aliphatic carbocycles. The van der Waals surface area contributed by atoms with Crippen molar-refractivity contribution < 1.29 is 54.0 Å². The lowest BCUT2D eigenvalue weighted by atomic mass is 9.91. The first-order chi connectivity index (χ1) is 16.5. The van der Waals surface area contributed by atoms with Gasteiger partial charge in [-0.15, -0.1) is 5.06 Å². The fourth-order valence-electron chi connectivity index (χ4n) is 3.51. The number of aryl methyl sites for hydroxylation is 1. The molecule has 9 nitrogen and oxygen atoms in total. The van der Waals surface area contributed by atoms with Crippen LogP contribution in [0.3, 0.4) is 0 Å². The number of urea groups is 1. The molecule has 2 heterocycles. The highest BCUT2D eigenvalue weighted by atomic mass is 32.2. The Morgan fingerprint density at radius 3 is 2.14 bits per heavy atom. The Hall–Kier alpha value is -3.69. The number of hydrogen-bond donors (Lipinski definition) is 0. The fraction of sp³-hybridized carbons (Fsp3) is 0.300. The molecular weight excluding hydrogens is 524 g/mol. The number of alkyl halides is 6. The lowest BCUT2D eigenvalue weighted by Crippen LogP contribution is -2.43. The number of aromatic nitrogens is 1. The molecule has 1 aromatic carbocycles. The highest BCUT2D eigenvalue weighted by Gasteiger charge is 2.54. The average molecular weight is 539 g/mol. The molecule has 0 bridgehead atoms. The summed E-state index contributed by atoms with van der Waals surface area (Å²) in [5.74, 6) is -5.01. The van der Waals surface area contributed by atoms with Gasteiger partial charge in [0.2, 0.25) is 0 Å². The molecule has 2 aromatic rings. The molecule has 36 heavy (non-hydrogen) atoms. The Labute approximate surface area is 199 Å². The number of imide groups is 1. The number of halogens is 6. The molecule has 0 spiro atoms. The maximum absolute atomic E-state index is 13.2. The van der Waals surface area contributed by atoms with Crippen LogP contribution < -0.4 is 4.90 Å². The van der Waals surface area contributed by atoms with E-state index in [-0.39, 0.29) is 9.96 Å². The third kappa shape index (κ3) is 4.72. The van der Waals surface area contributed by atoms with Crippen LogP contribution in [0.4, 0.5) is 36.8 Å². The van der Waals surface area contributed by atoms with Gasteiger partial charge in [0.25, 0.3) is 15.7 Å². The number of amides is 3. The summed E-state index contributed by atoms with van der Waals surface area (Å²) in [6.45, 7) is 2.94. The first-order valence-electron chi connectivity index (χ1n) is 9.76. The topological polar surface area (TPSA) is 114 Å². The molecule has 0 N–H and O–H groups in total. The minimum Gasteiger partial charge on any atom is -0.327 e. The third-order valence-corrected chi connectivity index (χ3v) is 6.76. The molecule has 1 aromatic heterocycles. The van der Waals surface area contributed by atoms with Crippen LogP contribution in [0.1, 0.15) is 24.0 Å². The Morgan fingerprint density at radius 1 is 1.06 bits per heavy atom. The Morgan fingerprint density at radius 2 is 1.64 bits per heavy atom. The van der Waals surface area contributed by atoms with Gasteiger partial charge in [-0.3, -0.25) is 9.78 Å². The summed E-state index contributed by atoms with van der Waals surface area (Å²) < 4.78 is 100. The van der Waals surface area contributed by atoms with Crippen molar-refractivity contribution in [3.8, 4) is 0 Å². The van der Waals surface area contributed by atoms with Crippen LogP contribution in [0.5, 0.6) is 0 Å². The maximum Gasteiger partial charge on any atom is 0.501 e. The van der Waals surface area contributed by atoms with Gasteiger partial charge in [-0.25, -0.2) is 22.9 Å². The van der Waals surface area contributed by atoms with Gasteiger partial charge in [-0.05, 0) is 48.4 Å². The van der Waals surface area contributed by atoms with Crippen molar-refractivity contribution in [2.45, 2.75) is 42.4 Å². The Bertz CT molecular complexity index is 1310. The second-order valence-corrected chi connectivity index (χ2v) is 9.51. The van der Waals surface area contributed by atoms with Crippen molar-refractivity contribution in [1.29, 1.82) is 0 Å². The highest BCUT2D eigenvalue weighted by molar-refractivity contribution is 7.92. The summed E-state index contributed by atoms with van der Waals surface area (Å²) in [6, 6.07) is 0.381. The van der Waals surface area contributed by atoms with E-state index in [1.165, 1.54) is 25.4 Å². The van der Waals surface area contributed by atoms with Crippen LogP contribution in [0, 0.1) is 6.92 Å². The van der Waals surface area contributed by atoms with Crippen LogP contribution in [0.25, 0.3) is 0 Å². The van der Waals surface area contributed by atoms with Gasteiger partial charge in [-0.1, -0.05) is 6.92 Å². The largest absolute Gasteiger partial charge is 0.501 e. The van der Waals surface area contributed by atoms with Gasteiger partial charge in [0.15, 0.2) is 6.04 Å². The molecule has 0 radical (unpaired) electrons. The zero-order valence-electron chi connectivity index (χ0n) is 18.2. The number of sulfone groups is 1. The summed E-state index contributed by atoms with van der Waals surface area (Å²) in [4.78, 5) is 44.8. The monoisotopic (exact) mass is 539 g/mol. The lowest BCUT2D eigenvalue weighted by Gasteiger charge is -2.26. The van der Waals surface area contributed by atoms with Crippen LogP contribution in [-0.2, 0) is 24.3 Å². The van der Waals surface area contributed by atoms with E-state index in [1.54, 1.807) is 6.92 Å². The molecule has 1 aliphatic heterocycles. The number of carbonyl (C=O) groups is 3. The average Bonchev–Trinajstić information content (AvgIpc) is 3.01. The van der Waals surface area contributed by atoms with Crippen molar-refractivity contribution in [3.05, 3.63) is 53.9 Å². The molecule has 0 saturated carbocycles. The van der Waals surface area contributed by atoms with Crippen LogP contribution in [0.2, 0.25) is 0 Å². The molecule has 1 saturated heterocycles. The van der Waals surface area contributed by atoms with Crippen molar-refractivity contribution >= 4 is 33.4 Å². The summed E-state index contributed by atoms with van der Waals surface area (Å²) in [5, 5.41) is -0.0664. The number of carbonyl (C=O) groups excluding carboxylic acids is 3. The predicted octanol–water partition coefficient (Wildman–Crippen LogP) is 3.64. The summed E-state index contributed by atoms with van der Waals surface area (Å²) in [6.07, 6.45) is -2.81. The molecule has 16 heteroatoms. The second kappa shape index (κ2) is 9.07. The number of hydroxylamine groups is 2. The second-order valence-electron chi connectivity index (χ2n) is 7.57. The quantitative estimate of drug-likeness (QED) is 0.421. The summed E-state index contributed by atoms with van der Waals surface area (Å²) in [5.41, 5.74) is -5.23. The van der Waals surface area contributed by atoms with Gasteiger partial charge in [-0.2, -0.15) is 26.3 Å². The Kier molecular flexibility index (Phi) is 6.78. The van der Waals surface area contributed by atoms with E-state index in [0.29, 0.717) is 35.4 Å².